The number of ether oxygens (including phenoxy) is 2. The third-order valence-electron chi connectivity index (χ3n) is 7.49. The molecule has 0 bridgehead atoms. The number of carboxylic acid groups (broad SMARTS) is 1. The first-order valence-corrected chi connectivity index (χ1v) is 13.7. The molecule has 41 heavy (non-hydrogen) atoms. The highest BCUT2D eigenvalue weighted by Gasteiger charge is 2.30. The number of aromatic nitrogens is 1. The number of carbonyl (C=O) groups excluding carboxylic acids is 2. The molecule has 1 aliphatic heterocycles. The summed E-state index contributed by atoms with van der Waals surface area (Å²) in [5.74, 6) is -1.85. The van der Waals surface area contributed by atoms with Gasteiger partial charge in [-0.05, 0) is 60.2 Å². The number of esters is 1. The molecule has 1 N–H and O–H groups in total. The Morgan fingerprint density at radius 2 is 1.80 bits per heavy atom. The van der Waals surface area contributed by atoms with Crippen LogP contribution in [0.2, 0.25) is 0 Å². The van der Waals surface area contributed by atoms with Crippen LogP contribution < -0.4 is 14.7 Å². The van der Waals surface area contributed by atoms with Crippen LogP contribution in [0.15, 0.2) is 54.1 Å². The Morgan fingerprint density at radius 1 is 1.12 bits per heavy atom. The van der Waals surface area contributed by atoms with Gasteiger partial charge < -0.3 is 28.8 Å². The molecule has 2 aliphatic rings. The highest BCUT2D eigenvalue weighted by Crippen LogP contribution is 2.47. The molecule has 0 spiro atoms. The molecule has 1 saturated carbocycles. The van der Waals surface area contributed by atoms with Crippen molar-refractivity contribution in [1.82, 2.24) is 4.57 Å². The number of rotatable bonds is 4. The molecular formula is C31H35F3N2O5. The van der Waals surface area contributed by atoms with Crippen molar-refractivity contribution in [1.29, 1.82) is 0 Å². The molecule has 2 aromatic carbocycles. The van der Waals surface area contributed by atoms with Gasteiger partial charge in [0.2, 0.25) is 0 Å². The van der Waals surface area contributed by atoms with Crippen LogP contribution in [0.5, 0.6) is 5.75 Å². The van der Waals surface area contributed by atoms with E-state index >= 15 is 0 Å². The average molecular weight is 573 g/mol. The predicted octanol–water partition coefficient (Wildman–Crippen LogP) is 3.90. The number of fused-ring (bicyclic) bond motifs is 5. The van der Waals surface area contributed by atoms with Crippen LogP contribution in [0, 0.1) is 0 Å². The Kier molecular flexibility index (Phi) is 9.42. The maximum atomic E-state index is 12.4. The number of hydrogen-bond acceptors (Lipinski definition) is 5. The first kappa shape index (κ1) is 30.2. The third-order valence-corrected chi connectivity index (χ3v) is 7.49. The summed E-state index contributed by atoms with van der Waals surface area (Å²) < 4.78 is 45.4. The van der Waals surface area contributed by atoms with E-state index in [0.717, 1.165) is 29.9 Å². The standard InChI is InChI=1S/C29H34N2O3.C2HF3O2/c1-30(2)16-15-20-18-31-25-17-22(29(32)33-3)13-14-23(25)27(21-9-5-4-6-10-21)28(31)24-11-7-8-12-26(24)34-19-20;3-2(4,5)1(6)7/h7-8,11-15,17,21H,4-6,9-10,16,18-19H2,1-3H3;(H,6,7)/b20-15+;. The van der Waals surface area contributed by atoms with Crippen molar-refractivity contribution in [2.45, 2.75) is 50.7 Å². The van der Waals surface area contributed by atoms with E-state index in [1.165, 1.54) is 66.3 Å². The van der Waals surface area contributed by atoms with Crippen LogP contribution in [0.25, 0.3) is 22.2 Å². The van der Waals surface area contributed by atoms with E-state index in [4.69, 9.17) is 19.4 Å². The van der Waals surface area contributed by atoms with E-state index in [0.29, 0.717) is 18.1 Å². The van der Waals surface area contributed by atoms with Gasteiger partial charge in [-0.1, -0.05) is 37.5 Å². The number of halogens is 3. The lowest BCUT2D eigenvalue weighted by Gasteiger charge is -2.26. The van der Waals surface area contributed by atoms with Gasteiger partial charge in [0.15, 0.2) is 0 Å². The minimum Gasteiger partial charge on any atom is -0.542 e. The van der Waals surface area contributed by atoms with E-state index in [1.807, 2.05) is 12.1 Å². The Labute approximate surface area is 237 Å². The summed E-state index contributed by atoms with van der Waals surface area (Å²) in [7, 11) is 5.77. The van der Waals surface area contributed by atoms with Gasteiger partial charge in [0, 0.05) is 23.0 Å². The van der Waals surface area contributed by atoms with Gasteiger partial charge in [-0.2, -0.15) is 13.2 Å². The number of benzene rings is 2. The first-order chi connectivity index (χ1) is 19.5. The van der Waals surface area contributed by atoms with Crippen molar-refractivity contribution >= 4 is 22.8 Å². The van der Waals surface area contributed by atoms with Crippen LogP contribution in [0.3, 0.4) is 0 Å². The Morgan fingerprint density at radius 3 is 2.44 bits per heavy atom. The number of hydrogen-bond donors (Lipinski definition) is 1. The molecule has 7 nitrogen and oxygen atoms in total. The van der Waals surface area contributed by atoms with Crippen LogP contribution >= 0.6 is 0 Å². The highest BCUT2D eigenvalue weighted by molar-refractivity contribution is 5.99. The molecule has 1 aromatic heterocycles. The van der Waals surface area contributed by atoms with Gasteiger partial charge >= 0.3 is 12.1 Å². The quantitative estimate of drug-likeness (QED) is 0.379. The second-order valence-electron chi connectivity index (χ2n) is 10.8. The average Bonchev–Trinajstić information content (AvgIpc) is 3.25. The Balaban J connectivity index is 0.000000493. The van der Waals surface area contributed by atoms with Crippen molar-refractivity contribution in [2.75, 3.05) is 34.4 Å². The second-order valence-corrected chi connectivity index (χ2v) is 10.8. The molecule has 2 heterocycles. The van der Waals surface area contributed by atoms with Crippen LogP contribution in [0.4, 0.5) is 13.2 Å². The summed E-state index contributed by atoms with van der Waals surface area (Å²) in [5, 5.41) is 10.0. The molecule has 5 rings (SSSR count). The number of alkyl halides is 3. The molecular weight excluding hydrogens is 537 g/mol. The van der Waals surface area contributed by atoms with Crippen molar-refractivity contribution in [2.24, 2.45) is 0 Å². The summed E-state index contributed by atoms with van der Waals surface area (Å²) in [6, 6.07) is 14.5. The number of likely N-dealkylation sites (N-methyl/N-ethyl adjacent to an activating group) is 1. The van der Waals surface area contributed by atoms with Crippen LogP contribution in [0.1, 0.15) is 53.9 Å². The highest BCUT2D eigenvalue weighted by atomic mass is 19.4. The molecule has 0 amide bonds. The van der Waals surface area contributed by atoms with Crippen LogP contribution in [-0.2, 0) is 16.1 Å². The zero-order valence-corrected chi connectivity index (χ0v) is 23.5. The minimum atomic E-state index is -5.19. The minimum absolute atomic E-state index is 0.293. The fraction of sp³-hybridized carbons (Fsp3) is 0.419. The van der Waals surface area contributed by atoms with Crippen molar-refractivity contribution < 1.29 is 42.2 Å². The van der Waals surface area contributed by atoms with E-state index in [2.05, 4.69) is 55.1 Å². The van der Waals surface area contributed by atoms with Gasteiger partial charge in [0.05, 0.1) is 39.0 Å². The monoisotopic (exact) mass is 572 g/mol. The molecule has 0 saturated heterocycles. The third kappa shape index (κ3) is 6.93. The number of para-hydroxylation sites is 1. The fourth-order valence-electron chi connectivity index (χ4n) is 5.56. The molecule has 220 valence electrons. The van der Waals surface area contributed by atoms with Gasteiger partial charge in [-0.25, -0.2) is 4.79 Å². The topological polar surface area (TPSA) is 85.0 Å². The lowest BCUT2D eigenvalue weighted by molar-refractivity contribution is -0.851. The van der Waals surface area contributed by atoms with E-state index in [1.54, 1.807) is 0 Å². The van der Waals surface area contributed by atoms with E-state index in [-0.39, 0.29) is 5.97 Å². The maximum absolute atomic E-state index is 12.4. The maximum Gasteiger partial charge on any atom is 0.430 e. The normalized spacial score (nSPS) is 16.6. The summed E-state index contributed by atoms with van der Waals surface area (Å²) >= 11 is 0. The summed E-state index contributed by atoms with van der Waals surface area (Å²) in [6.07, 6.45) is 3.39. The van der Waals surface area contributed by atoms with Crippen LogP contribution in [-0.4, -0.2) is 57.0 Å². The zero-order valence-electron chi connectivity index (χ0n) is 23.5. The van der Waals surface area contributed by atoms with Crippen molar-refractivity contribution in [3.63, 3.8) is 0 Å². The first-order valence-electron chi connectivity index (χ1n) is 13.7. The fourth-order valence-corrected chi connectivity index (χ4v) is 5.56. The largest absolute Gasteiger partial charge is 0.542 e. The Bertz CT molecular complexity index is 1440. The number of quaternary nitrogens is 1. The van der Waals surface area contributed by atoms with Gasteiger partial charge in [-0.15, -0.1) is 0 Å². The molecule has 3 aromatic rings. The summed E-state index contributed by atoms with van der Waals surface area (Å²) in [6.45, 7) is 2.27. The summed E-state index contributed by atoms with van der Waals surface area (Å²) in [5.41, 5.74) is 6.78. The Hall–Kier alpha value is -3.79. The van der Waals surface area contributed by atoms with E-state index < -0.39 is 12.1 Å². The molecule has 10 heteroatoms. The molecule has 0 radical (unpaired) electrons. The number of carbonyl (C=O) groups is 2. The number of nitrogens with one attached hydrogen (secondary N) is 1. The smallest absolute Gasteiger partial charge is 0.430 e. The van der Waals surface area contributed by atoms with Gasteiger partial charge in [-0.3, -0.25) is 0 Å². The molecule has 0 atom stereocenters. The lowest BCUT2D eigenvalue weighted by Crippen LogP contribution is -3.05. The lowest BCUT2D eigenvalue weighted by atomic mass is 9.81. The van der Waals surface area contributed by atoms with Crippen molar-refractivity contribution in [3.8, 4) is 17.0 Å². The van der Waals surface area contributed by atoms with E-state index in [9.17, 15) is 18.0 Å². The predicted molar refractivity (Wildman–Crippen MR) is 147 cm³/mol. The van der Waals surface area contributed by atoms with Gasteiger partial charge in [0.25, 0.3) is 0 Å². The molecule has 0 unspecified atom stereocenters. The number of aliphatic carboxylic acids is 1. The number of carboxylic acids is 1. The second kappa shape index (κ2) is 12.8. The number of nitrogens with zero attached hydrogens (tertiary/aromatic N) is 1. The number of methoxy groups -OCH3 is 1. The SMILES string of the molecule is COC(=O)c1ccc2c(C3CCCCC3)c3n(c2c1)C/C(=C\C[NH+](C)C)COc1ccccc1-3.O=C([O-])C(F)(F)F. The summed E-state index contributed by atoms with van der Waals surface area (Å²) in [4.78, 5) is 22.6. The zero-order chi connectivity index (χ0) is 29.7. The molecule has 1 fully saturated rings. The van der Waals surface area contributed by atoms with Crippen molar-refractivity contribution in [3.05, 3.63) is 65.2 Å². The molecule has 1 aliphatic carbocycles. The van der Waals surface area contributed by atoms with Gasteiger partial charge in [0.1, 0.15) is 18.3 Å².